The topological polar surface area (TPSA) is 56.4 Å². The molecule has 5 heteroatoms. The molecule has 0 bridgehead atoms. The van der Waals surface area contributed by atoms with E-state index >= 15 is 0 Å². The highest BCUT2D eigenvalue weighted by molar-refractivity contribution is 5.98. The Labute approximate surface area is 117 Å². The first kappa shape index (κ1) is 12.7. The van der Waals surface area contributed by atoms with E-state index in [2.05, 4.69) is 4.98 Å². The van der Waals surface area contributed by atoms with Gasteiger partial charge < -0.3 is 14.8 Å². The molecule has 1 aliphatic rings. The van der Waals surface area contributed by atoms with Gasteiger partial charge in [-0.2, -0.15) is 0 Å². The highest BCUT2D eigenvalue weighted by atomic mass is 16.2. The first-order valence-corrected chi connectivity index (χ1v) is 6.77. The summed E-state index contributed by atoms with van der Waals surface area (Å²) in [6.07, 6.45) is 1.87. The molecule has 0 saturated carbocycles. The Kier molecular flexibility index (Phi) is 3.18. The molecule has 1 aromatic carbocycles. The second-order valence-corrected chi connectivity index (χ2v) is 5.08. The Morgan fingerprint density at radius 2 is 1.75 bits per heavy atom. The minimum absolute atomic E-state index is 0.0382. The smallest absolute Gasteiger partial charge is 0.253 e. The molecule has 1 N–H and O–H groups in total. The zero-order valence-electron chi connectivity index (χ0n) is 11.4. The van der Waals surface area contributed by atoms with E-state index in [1.807, 2.05) is 35.4 Å². The first-order chi connectivity index (χ1) is 9.65. The summed E-state index contributed by atoms with van der Waals surface area (Å²) in [5.74, 6) is 0.113. The summed E-state index contributed by atoms with van der Waals surface area (Å²) in [6.45, 7) is 4.01. The molecule has 1 fully saturated rings. The first-order valence-electron chi connectivity index (χ1n) is 6.77. The Morgan fingerprint density at radius 3 is 2.45 bits per heavy atom. The lowest BCUT2D eigenvalue weighted by Gasteiger charge is -2.34. The van der Waals surface area contributed by atoms with E-state index in [0.717, 1.165) is 10.9 Å². The van der Waals surface area contributed by atoms with Gasteiger partial charge in [-0.1, -0.05) is 0 Å². The van der Waals surface area contributed by atoms with Gasteiger partial charge in [0.1, 0.15) is 0 Å². The molecule has 0 aliphatic carbocycles. The van der Waals surface area contributed by atoms with Crippen molar-refractivity contribution in [3.05, 3.63) is 36.0 Å². The molecule has 1 aliphatic heterocycles. The number of piperazine rings is 1. The summed E-state index contributed by atoms with van der Waals surface area (Å²) in [7, 11) is 0. The molecule has 0 radical (unpaired) electrons. The van der Waals surface area contributed by atoms with Crippen LogP contribution in [0.2, 0.25) is 0 Å². The van der Waals surface area contributed by atoms with Crippen molar-refractivity contribution in [2.24, 2.45) is 0 Å². The number of amides is 2. The van der Waals surface area contributed by atoms with Crippen LogP contribution in [-0.4, -0.2) is 52.8 Å². The van der Waals surface area contributed by atoms with Crippen molar-refractivity contribution in [1.29, 1.82) is 0 Å². The Morgan fingerprint density at radius 1 is 1.05 bits per heavy atom. The van der Waals surface area contributed by atoms with Crippen LogP contribution in [0.1, 0.15) is 17.3 Å². The van der Waals surface area contributed by atoms with Gasteiger partial charge in [0.25, 0.3) is 5.91 Å². The number of benzene rings is 1. The van der Waals surface area contributed by atoms with E-state index in [-0.39, 0.29) is 11.8 Å². The maximum absolute atomic E-state index is 12.5. The van der Waals surface area contributed by atoms with Crippen LogP contribution in [0.5, 0.6) is 0 Å². The van der Waals surface area contributed by atoms with Gasteiger partial charge >= 0.3 is 0 Å². The SMILES string of the molecule is CC(=O)N1CCN(C(=O)c2ccc3[nH]ccc3c2)CC1. The van der Waals surface area contributed by atoms with Crippen LogP contribution in [0.25, 0.3) is 10.9 Å². The lowest BCUT2D eigenvalue weighted by Crippen LogP contribution is -2.50. The third-order valence-electron chi connectivity index (χ3n) is 3.81. The molecule has 0 unspecified atom stereocenters. The van der Waals surface area contributed by atoms with Crippen molar-refractivity contribution in [2.45, 2.75) is 6.92 Å². The summed E-state index contributed by atoms with van der Waals surface area (Å²) >= 11 is 0. The monoisotopic (exact) mass is 271 g/mol. The largest absolute Gasteiger partial charge is 0.361 e. The molecule has 104 valence electrons. The normalized spacial score (nSPS) is 15.7. The van der Waals surface area contributed by atoms with Crippen LogP contribution in [0.3, 0.4) is 0 Å². The number of aromatic amines is 1. The second-order valence-electron chi connectivity index (χ2n) is 5.08. The summed E-state index contributed by atoms with van der Waals surface area (Å²) in [5, 5.41) is 1.04. The lowest BCUT2D eigenvalue weighted by molar-refractivity contribution is -0.130. The molecule has 20 heavy (non-hydrogen) atoms. The van der Waals surface area contributed by atoms with Crippen molar-refractivity contribution < 1.29 is 9.59 Å². The van der Waals surface area contributed by atoms with Crippen molar-refractivity contribution in [3.8, 4) is 0 Å². The van der Waals surface area contributed by atoms with Crippen LogP contribution < -0.4 is 0 Å². The van der Waals surface area contributed by atoms with E-state index in [0.29, 0.717) is 31.7 Å². The van der Waals surface area contributed by atoms with Crippen LogP contribution in [0.15, 0.2) is 30.5 Å². The summed E-state index contributed by atoms with van der Waals surface area (Å²) in [5.41, 5.74) is 1.73. The van der Waals surface area contributed by atoms with Gasteiger partial charge in [-0.3, -0.25) is 9.59 Å². The van der Waals surface area contributed by atoms with Gasteiger partial charge in [-0.15, -0.1) is 0 Å². The summed E-state index contributed by atoms with van der Waals surface area (Å²) in [4.78, 5) is 30.4. The zero-order valence-corrected chi connectivity index (χ0v) is 11.4. The molecule has 0 atom stereocenters. The lowest BCUT2D eigenvalue weighted by atomic mass is 10.1. The number of hydrogen-bond acceptors (Lipinski definition) is 2. The van der Waals surface area contributed by atoms with Crippen LogP contribution in [0, 0.1) is 0 Å². The van der Waals surface area contributed by atoms with Gasteiger partial charge in [-0.25, -0.2) is 0 Å². The number of rotatable bonds is 1. The van der Waals surface area contributed by atoms with Gasteiger partial charge in [0.05, 0.1) is 0 Å². The molecular weight excluding hydrogens is 254 g/mol. The minimum Gasteiger partial charge on any atom is -0.361 e. The number of H-pyrrole nitrogens is 1. The molecule has 0 spiro atoms. The standard InChI is InChI=1S/C15H17N3O2/c1-11(19)17-6-8-18(9-7-17)15(20)13-2-3-14-12(10-13)4-5-16-14/h2-5,10,16H,6-9H2,1H3. The van der Waals surface area contributed by atoms with Gasteiger partial charge in [0.2, 0.25) is 5.91 Å². The highest BCUT2D eigenvalue weighted by Gasteiger charge is 2.23. The number of nitrogens with zero attached hydrogens (tertiary/aromatic N) is 2. The van der Waals surface area contributed by atoms with Gasteiger partial charge in [-0.05, 0) is 24.3 Å². The van der Waals surface area contributed by atoms with Crippen molar-refractivity contribution in [3.63, 3.8) is 0 Å². The van der Waals surface area contributed by atoms with E-state index in [1.54, 1.807) is 11.8 Å². The Hall–Kier alpha value is -2.30. The molecule has 1 saturated heterocycles. The molecule has 1 aromatic heterocycles. The predicted molar refractivity (Wildman–Crippen MR) is 76.5 cm³/mol. The van der Waals surface area contributed by atoms with Crippen LogP contribution in [0.4, 0.5) is 0 Å². The molecule has 5 nitrogen and oxygen atoms in total. The van der Waals surface area contributed by atoms with Crippen LogP contribution in [-0.2, 0) is 4.79 Å². The number of hydrogen-bond donors (Lipinski definition) is 1. The number of carbonyl (C=O) groups excluding carboxylic acids is 2. The third-order valence-corrected chi connectivity index (χ3v) is 3.81. The predicted octanol–water partition coefficient (Wildman–Crippen LogP) is 1.47. The van der Waals surface area contributed by atoms with Crippen molar-refractivity contribution in [2.75, 3.05) is 26.2 Å². The number of carbonyl (C=O) groups is 2. The number of aromatic nitrogens is 1. The fraction of sp³-hybridized carbons (Fsp3) is 0.333. The van der Waals surface area contributed by atoms with E-state index < -0.39 is 0 Å². The van der Waals surface area contributed by atoms with E-state index in [4.69, 9.17) is 0 Å². The zero-order chi connectivity index (χ0) is 14.1. The Balaban J connectivity index is 1.74. The fourth-order valence-corrected chi connectivity index (χ4v) is 2.59. The quantitative estimate of drug-likeness (QED) is 0.854. The van der Waals surface area contributed by atoms with Crippen molar-refractivity contribution in [1.82, 2.24) is 14.8 Å². The van der Waals surface area contributed by atoms with Crippen molar-refractivity contribution >= 4 is 22.7 Å². The van der Waals surface area contributed by atoms with Crippen LogP contribution >= 0.6 is 0 Å². The molecule has 2 aromatic rings. The molecule has 2 amide bonds. The minimum atomic E-state index is 0.0382. The van der Waals surface area contributed by atoms with E-state index in [9.17, 15) is 9.59 Å². The molecular formula is C15H17N3O2. The molecule has 3 rings (SSSR count). The number of nitrogens with one attached hydrogen (secondary N) is 1. The third kappa shape index (κ3) is 2.27. The number of fused-ring (bicyclic) bond motifs is 1. The molecule has 2 heterocycles. The fourth-order valence-electron chi connectivity index (χ4n) is 2.59. The maximum atomic E-state index is 12.5. The average molecular weight is 271 g/mol. The average Bonchev–Trinajstić information content (AvgIpc) is 2.94. The second kappa shape index (κ2) is 5.00. The van der Waals surface area contributed by atoms with Gasteiger partial charge in [0, 0.05) is 55.8 Å². The maximum Gasteiger partial charge on any atom is 0.253 e. The summed E-state index contributed by atoms with van der Waals surface area (Å²) in [6, 6.07) is 7.64. The highest BCUT2D eigenvalue weighted by Crippen LogP contribution is 2.16. The Bertz CT molecular complexity index is 654. The van der Waals surface area contributed by atoms with E-state index in [1.165, 1.54) is 0 Å². The van der Waals surface area contributed by atoms with Gasteiger partial charge in [0.15, 0.2) is 0 Å². The summed E-state index contributed by atoms with van der Waals surface area (Å²) < 4.78 is 0.